The van der Waals surface area contributed by atoms with E-state index >= 15 is 0 Å². The van der Waals surface area contributed by atoms with E-state index in [4.69, 9.17) is 0 Å². The third kappa shape index (κ3) is 4.35. The van der Waals surface area contributed by atoms with Gasteiger partial charge < -0.3 is 10.2 Å². The zero-order chi connectivity index (χ0) is 18.8. The smallest absolute Gasteiger partial charge is 0.273 e. The maximum atomic E-state index is 13.0. The molecule has 0 unspecified atom stereocenters. The number of nitro benzene ring substituents is 1. The van der Waals surface area contributed by atoms with E-state index in [1.54, 1.807) is 17.9 Å². The van der Waals surface area contributed by atoms with Crippen molar-refractivity contribution in [2.75, 3.05) is 6.54 Å². The van der Waals surface area contributed by atoms with Crippen molar-refractivity contribution < 1.29 is 14.5 Å². The predicted molar refractivity (Wildman–Crippen MR) is 94.4 cm³/mol. The van der Waals surface area contributed by atoms with Crippen molar-refractivity contribution in [1.82, 2.24) is 10.2 Å². The minimum atomic E-state index is -0.542. The lowest BCUT2D eigenvalue weighted by molar-refractivity contribution is -0.385. The number of amides is 2. The summed E-state index contributed by atoms with van der Waals surface area (Å²) in [5.41, 5.74) is 0.145. The number of likely N-dealkylation sites (tertiary alicyclic amines) is 1. The molecule has 0 radical (unpaired) electrons. The molecule has 1 heterocycles. The summed E-state index contributed by atoms with van der Waals surface area (Å²) in [6.07, 6.45) is 2.29. The highest BCUT2D eigenvalue weighted by molar-refractivity contribution is 5.99. The maximum absolute atomic E-state index is 13.0. The van der Waals surface area contributed by atoms with Gasteiger partial charge in [-0.1, -0.05) is 6.07 Å². The summed E-state index contributed by atoms with van der Waals surface area (Å²) in [5.74, 6) is -0.501. The first-order valence-corrected chi connectivity index (χ1v) is 8.49. The summed E-state index contributed by atoms with van der Waals surface area (Å²) >= 11 is 0. The molecule has 1 saturated heterocycles. The number of hydrogen-bond acceptors (Lipinski definition) is 4. The summed E-state index contributed by atoms with van der Waals surface area (Å²) in [5, 5.41) is 14.0. The van der Waals surface area contributed by atoms with Crippen LogP contribution in [0.1, 0.15) is 56.0 Å². The van der Waals surface area contributed by atoms with Gasteiger partial charge in [0.05, 0.1) is 4.92 Å². The molecule has 2 amide bonds. The van der Waals surface area contributed by atoms with Gasteiger partial charge >= 0.3 is 0 Å². The van der Waals surface area contributed by atoms with Gasteiger partial charge in [0.2, 0.25) is 5.91 Å². The fraction of sp³-hybridized carbons (Fsp3) is 0.556. The molecule has 7 heteroatoms. The Morgan fingerprint density at radius 1 is 1.28 bits per heavy atom. The fourth-order valence-corrected chi connectivity index (χ4v) is 3.11. The molecule has 0 saturated carbocycles. The van der Waals surface area contributed by atoms with Gasteiger partial charge in [-0.25, -0.2) is 0 Å². The maximum Gasteiger partial charge on any atom is 0.273 e. The minimum absolute atomic E-state index is 0.0847. The summed E-state index contributed by atoms with van der Waals surface area (Å²) in [7, 11) is 0. The summed E-state index contributed by atoms with van der Waals surface area (Å²) in [6, 6.07) is 3.93. The van der Waals surface area contributed by atoms with Crippen LogP contribution in [0.2, 0.25) is 0 Å². The second kappa shape index (κ2) is 7.21. The van der Waals surface area contributed by atoms with E-state index in [-0.39, 0.29) is 28.6 Å². The lowest BCUT2D eigenvalue weighted by Crippen LogP contribution is -2.55. The Morgan fingerprint density at radius 2 is 1.96 bits per heavy atom. The molecule has 25 heavy (non-hydrogen) atoms. The Bertz CT molecular complexity index is 694. The van der Waals surface area contributed by atoms with Gasteiger partial charge in [-0.05, 0) is 53.0 Å². The molecular formula is C18H25N3O4. The summed E-state index contributed by atoms with van der Waals surface area (Å²) in [6.45, 7) is 7.72. The van der Waals surface area contributed by atoms with Crippen LogP contribution < -0.4 is 5.32 Å². The molecule has 136 valence electrons. The van der Waals surface area contributed by atoms with Crippen LogP contribution in [-0.2, 0) is 4.79 Å². The Morgan fingerprint density at radius 3 is 2.56 bits per heavy atom. The number of carbonyl (C=O) groups excluding carboxylic acids is 2. The monoisotopic (exact) mass is 347 g/mol. The molecule has 0 spiro atoms. The molecular weight excluding hydrogens is 322 g/mol. The molecule has 0 aromatic heterocycles. The van der Waals surface area contributed by atoms with Crippen molar-refractivity contribution >= 4 is 17.5 Å². The number of rotatable bonds is 3. The lowest BCUT2D eigenvalue weighted by atomic mass is 9.97. The summed E-state index contributed by atoms with van der Waals surface area (Å²) < 4.78 is 0. The van der Waals surface area contributed by atoms with Crippen molar-refractivity contribution in [2.45, 2.75) is 58.5 Å². The Hall–Kier alpha value is -2.44. The molecule has 1 N–H and O–H groups in total. The van der Waals surface area contributed by atoms with Crippen LogP contribution in [0.4, 0.5) is 5.69 Å². The van der Waals surface area contributed by atoms with Crippen molar-refractivity contribution in [3.63, 3.8) is 0 Å². The van der Waals surface area contributed by atoms with E-state index in [9.17, 15) is 19.7 Å². The third-order valence-corrected chi connectivity index (χ3v) is 4.30. The highest BCUT2D eigenvalue weighted by atomic mass is 16.6. The van der Waals surface area contributed by atoms with Crippen molar-refractivity contribution in [3.8, 4) is 0 Å². The van der Waals surface area contributed by atoms with Crippen molar-refractivity contribution in [3.05, 3.63) is 39.4 Å². The van der Waals surface area contributed by atoms with Crippen LogP contribution in [0.25, 0.3) is 0 Å². The van der Waals surface area contributed by atoms with Gasteiger partial charge in [0.15, 0.2) is 0 Å². The van der Waals surface area contributed by atoms with Crippen LogP contribution in [0.3, 0.4) is 0 Å². The van der Waals surface area contributed by atoms with Gasteiger partial charge in [0, 0.05) is 29.3 Å². The number of nitrogens with one attached hydrogen (secondary N) is 1. The molecule has 1 atom stereocenters. The zero-order valence-electron chi connectivity index (χ0n) is 15.2. The van der Waals surface area contributed by atoms with Gasteiger partial charge in [-0.2, -0.15) is 0 Å². The number of piperidine rings is 1. The van der Waals surface area contributed by atoms with Crippen LogP contribution in [0.15, 0.2) is 18.2 Å². The Labute approximate surface area is 147 Å². The topological polar surface area (TPSA) is 92.6 Å². The number of hydrogen-bond donors (Lipinski definition) is 1. The number of nitro groups is 1. The number of nitrogens with zero attached hydrogens (tertiary/aromatic N) is 2. The Kier molecular flexibility index (Phi) is 5.45. The summed E-state index contributed by atoms with van der Waals surface area (Å²) in [4.78, 5) is 37.8. The van der Waals surface area contributed by atoms with Gasteiger partial charge in [0.25, 0.3) is 11.6 Å². The van der Waals surface area contributed by atoms with E-state index in [2.05, 4.69) is 5.32 Å². The molecule has 1 fully saturated rings. The largest absolute Gasteiger partial charge is 0.350 e. The molecule has 0 bridgehead atoms. The van der Waals surface area contributed by atoms with Gasteiger partial charge in [0.1, 0.15) is 6.04 Å². The van der Waals surface area contributed by atoms with E-state index in [0.717, 1.165) is 12.8 Å². The number of carbonyl (C=O) groups is 2. The molecule has 1 aliphatic rings. The first-order valence-electron chi connectivity index (χ1n) is 8.49. The normalized spacial score (nSPS) is 17.9. The van der Waals surface area contributed by atoms with Crippen molar-refractivity contribution in [2.24, 2.45) is 0 Å². The first-order chi connectivity index (χ1) is 11.6. The quantitative estimate of drug-likeness (QED) is 0.672. The average molecular weight is 347 g/mol. The molecule has 1 aromatic rings. The second-order valence-electron chi connectivity index (χ2n) is 7.46. The van der Waals surface area contributed by atoms with Crippen LogP contribution in [0.5, 0.6) is 0 Å². The standard InChI is InChI=1S/C18H25N3O4/c1-12-13(8-7-10-14(12)21(24)25)17(23)20-11-6-5-9-15(20)16(22)19-18(2,3)4/h7-8,10,15H,5-6,9,11H2,1-4H3,(H,19,22)/t15-/m1/s1. The Balaban J connectivity index is 2.31. The van der Waals surface area contributed by atoms with Crippen LogP contribution in [-0.4, -0.2) is 39.8 Å². The molecule has 7 nitrogen and oxygen atoms in total. The lowest BCUT2D eigenvalue weighted by Gasteiger charge is -2.36. The van der Waals surface area contributed by atoms with Gasteiger partial charge in [-0.3, -0.25) is 19.7 Å². The second-order valence-corrected chi connectivity index (χ2v) is 7.46. The van der Waals surface area contributed by atoms with E-state index < -0.39 is 11.0 Å². The van der Waals surface area contributed by atoms with Crippen LogP contribution >= 0.6 is 0 Å². The first kappa shape index (κ1) is 18.9. The van der Waals surface area contributed by atoms with E-state index in [1.807, 2.05) is 20.8 Å². The molecule has 2 rings (SSSR count). The SMILES string of the molecule is Cc1c(C(=O)N2CCCC[C@@H]2C(=O)NC(C)(C)C)cccc1[N+](=O)[O-]. The molecule has 1 aromatic carbocycles. The highest BCUT2D eigenvalue weighted by Crippen LogP contribution is 2.26. The van der Waals surface area contributed by atoms with Gasteiger partial charge in [-0.15, -0.1) is 0 Å². The number of benzene rings is 1. The zero-order valence-corrected chi connectivity index (χ0v) is 15.2. The predicted octanol–water partition coefficient (Wildman–Crippen LogP) is 2.81. The fourth-order valence-electron chi connectivity index (χ4n) is 3.11. The van der Waals surface area contributed by atoms with E-state index in [0.29, 0.717) is 18.5 Å². The average Bonchev–Trinajstić information content (AvgIpc) is 2.52. The highest BCUT2D eigenvalue weighted by Gasteiger charge is 2.35. The molecule has 0 aliphatic carbocycles. The van der Waals surface area contributed by atoms with Crippen molar-refractivity contribution in [1.29, 1.82) is 0 Å². The van der Waals surface area contributed by atoms with E-state index in [1.165, 1.54) is 12.1 Å². The molecule has 1 aliphatic heterocycles. The van der Waals surface area contributed by atoms with Crippen LogP contribution in [0, 0.1) is 17.0 Å². The minimum Gasteiger partial charge on any atom is -0.350 e. The third-order valence-electron chi connectivity index (χ3n) is 4.30.